The Morgan fingerprint density at radius 3 is 2.31 bits per heavy atom. The third-order valence-corrected chi connectivity index (χ3v) is 6.90. The molecule has 0 spiro atoms. The highest BCUT2D eigenvalue weighted by Crippen LogP contribution is 2.40. The summed E-state index contributed by atoms with van der Waals surface area (Å²) in [4.78, 5) is 45.2. The topological polar surface area (TPSA) is 70.6 Å². The molecule has 1 aromatic heterocycles. The fourth-order valence-electron chi connectivity index (χ4n) is 4.77. The van der Waals surface area contributed by atoms with Crippen LogP contribution in [-0.4, -0.2) is 50.6 Å². The number of para-hydroxylation sites is 1. The third kappa shape index (κ3) is 2.37. The molecule has 3 saturated heterocycles. The zero-order valence-electron chi connectivity index (χ0n) is 14.3. The summed E-state index contributed by atoms with van der Waals surface area (Å²) in [5, 5.41) is 0.537. The van der Waals surface area contributed by atoms with Gasteiger partial charge in [0.15, 0.2) is 5.01 Å². The Morgan fingerprint density at radius 2 is 1.65 bits per heavy atom. The number of rotatable bonds is 2. The predicted molar refractivity (Wildman–Crippen MR) is 96.7 cm³/mol. The Morgan fingerprint density at radius 1 is 1.00 bits per heavy atom. The molecule has 26 heavy (non-hydrogen) atoms. The minimum atomic E-state index is -0.0506. The number of carbonyl (C=O) groups excluding carboxylic acids is 3. The van der Waals surface area contributed by atoms with Gasteiger partial charge in [-0.05, 0) is 37.8 Å². The quantitative estimate of drug-likeness (QED) is 0.763. The highest BCUT2D eigenvalue weighted by atomic mass is 32.1. The van der Waals surface area contributed by atoms with Crippen LogP contribution in [0.4, 0.5) is 0 Å². The second kappa shape index (κ2) is 5.87. The SMILES string of the molecule is O=C1CCC(=O)N1C1CC2CCC(C1)N2C(=O)c1nc2ccccc2s1. The summed E-state index contributed by atoms with van der Waals surface area (Å²) in [6, 6.07) is 7.93. The number of imide groups is 1. The second-order valence-corrected chi connectivity index (χ2v) is 8.40. The zero-order valence-corrected chi connectivity index (χ0v) is 15.1. The fourth-order valence-corrected chi connectivity index (χ4v) is 5.68. The minimum Gasteiger partial charge on any atom is -0.330 e. The molecule has 3 aliphatic rings. The molecule has 6 nitrogen and oxygen atoms in total. The van der Waals surface area contributed by atoms with Gasteiger partial charge >= 0.3 is 0 Å². The molecule has 2 unspecified atom stereocenters. The molecule has 0 aliphatic carbocycles. The van der Waals surface area contributed by atoms with E-state index in [-0.39, 0.29) is 35.8 Å². The molecule has 2 bridgehead atoms. The molecule has 4 heterocycles. The van der Waals surface area contributed by atoms with E-state index in [9.17, 15) is 14.4 Å². The fraction of sp³-hybridized carbons (Fsp3) is 0.474. The molecule has 7 heteroatoms. The molecule has 0 saturated carbocycles. The van der Waals surface area contributed by atoms with Gasteiger partial charge < -0.3 is 4.90 Å². The molecule has 3 aliphatic heterocycles. The van der Waals surface area contributed by atoms with Crippen LogP contribution < -0.4 is 0 Å². The van der Waals surface area contributed by atoms with Gasteiger partial charge in [-0.1, -0.05) is 12.1 Å². The molecule has 134 valence electrons. The molecule has 3 fully saturated rings. The van der Waals surface area contributed by atoms with E-state index in [1.54, 1.807) is 0 Å². The molecule has 0 N–H and O–H groups in total. The lowest BCUT2D eigenvalue weighted by atomic mass is 9.96. The normalized spacial score (nSPS) is 28.4. The Labute approximate surface area is 154 Å². The lowest BCUT2D eigenvalue weighted by Gasteiger charge is -2.41. The highest BCUT2D eigenvalue weighted by molar-refractivity contribution is 7.20. The lowest BCUT2D eigenvalue weighted by Crippen LogP contribution is -2.53. The lowest BCUT2D eigenvalue weighted by molar-refractivity contribution is -0.142. The van der Waals surface area contributed by atoms with Crippen LogP contribution in [0, 0.1) is 0 Å². The summed E-state index contributed by atoms with van der Waals surface area (Å²) in [7, 11) is 0. The number of amides is 3. The van der Waals surface area contributed by atoms with Crippen molar-refractivity contribution < 1.29 is 14.4 Å². The Bertz CT molecular complexity index is 861. The first kappa shape index (κ1) is 15.9. The maximum Gasteiger partial charge on any atom is 0.283 e. The van der Waals surface area contributed by atoms with Gasteiger partial charge in [-0.3, -0.25) is 19.3 Å². The van der Waals surface area contributed by atoms with Crippen LogP contribution in [0.2, 0.25) is 0 Å². The average Bonchev–Trinajstić information content (AvgIpc) is 3.28. The van der Waals surface area contributed by atoms with E-state index in [1.165, 1.54) is 16.2 Å². The van der Waals surface area contributed by atoms with Crippen LogP contribution in [0.25, 0.3) is 10.2 Å². The number of carbonyl (C=O) groups is 3. The van der Waals surface area contributed by atoms with E-state index in [0.717, 1.165) is 23.1 Å². The van der Waals surface area contributed by atoms with E-state index in [0.29, 0.717) is 30.7 Å². The van der Waals surface area contributed by atoms with E-state index in [4.69, 9.17) is 0 Å². The predicted octanol–water partition coefficient (Wildman–Crippen LogP) is 2.58. The van der Waals surface area contributed by atoms with Gasteiger partial charge in [0.2, 0.25) is 11.8 Å². The summed E-state index contributed by atoms with van der Waals surface area (Å²) in [5.41, 5.74) is 0.858. The Hall–Kier alpha value is -2.28. The number of aromatic nitrogens is 1. The first-order chi connectivity index (χ1) is 12.6. The van der Waals surface area contributed by atoms with Gasteiger partial charge in [-0.2, -0.15) is 0 Å². The van der Waals surface area contributed by atoms with Gasteiger partial charge in [-0.15, -0.1) is 11.3 Å². The van der Waals surface area contributed by atoms with E-state index < -0.39 is 0 Å². The number of likely N-dealkylation sites (tertiary alicyclic amines) is 1. The van der Waals surface area contributed by atoms with Crippen molar-refractivity contribution >= 4 is 39.3 Å². The van der Waals surface area contributed by atoms with Crippen molar-refractivity contribution in [3.63, 3.8) is 0 Å². The molecule has 5 rings (SSSR count). The van der Waals surface area contributed by atoms with Crippen molar-refractivity contribution in [3.8, 4) is 0 Å². The minimum absolute atomic E-state index is 0.00350. The number of fused-ring (bicyclic) bond motifs is 3. The monoisotopic (exact) mass is 369 g/mol. The van der Waals surface area contributed by atoms with Crippen molar-refractivity contribution in [2.75, 3.05) is 0 Å². The largest absolute Gasteiger partial charge is 0.330 e. The van der Waals surface area contributed by atoms with E-state index in [1.807, 2.05) is 29.2 Å². The number of piperidine rings is 1. The van der Waals surface area contributed by atoms with Crippen molar-refractivity contribution in [1.29, 1.82) is 0 Å². The van der Waals surface area contributed by atoms with Gasteiger partial charge in [-0.25, -0.2) is 4.98 Å². The highest BCUT2D eigenvalue weighted by Gasteiger charge is 2.48. The van der Waals surface area contributed by atoms with Crippen molar-refractivity contribution in [2.45, 2.75) is 56.7 Å². The number of benzene rings is 1. The number of hydrogen-bond acceptors (Lipinski definition) is 5. The standard InChI is InChI=1S/C19H19N3O3S/c23-16-7-8-17(24)22(16)13-9-11-5-6-12(10-13)21(11)19(25)18-20-14-3-1-2-4-15(14)26-18/h1-4,11-13H,5-10H2. The number of thiazole rings is 1. The van der Waals surface area contributed by atoms with Crippen molar-refractivity contribution in [3.05, 3.63) is 29.3 Å². The molecule has 2 aromatic rings. The van der Waals surface area contributed by atoms with Gasteiger partial charge in [0.1, 0.15) is 0 Å². The molecular weight excluding hydrogens is 350 g/mol. The second-order valence-electron chi connectivity index (χ2n) is 7.37. The van der Waals surface area contributed by atoms with Crippen molar-refractivity contribution in [1.82, 2.24) is 14.8 Å². The molecule has 2 atom stereocenters. The molecule has 3 amide bonds. The van der Waals surface area contributed by atoms with Crippen molar-refractivity contribution in [2.24, 2.45) is 0 Å². The van der Waals surface area contributed by atoms with E-state index in [2.05, 4.69) is 4.98 Å². The maximum atomic E-state index is 13.1. The first-order valence-electron chi connectivity index (χ1n) is 9.15. The maximum absolute atomic E-state index is 13.1. The van der Waals surface area contributed by atoms with Crippen LogP contribution in [0.1, 0.15) is 48.3 Å². The van der Waals surface area contributed by atoms with Gasteiger partial charge in [0.05, 0.1) is 10.2 Å². The van der Waals surface area contributed by atoms with Gasteiger partial charge in [0.25, 0.3) is 5.91 Å². The van der Waals surface area contributed by atoms with Crippen LogP contribution in [0.15, 0.2) is 24.3 Å². The van der Waals surface area contributed by atoms with Crippen LogP contribution in [-0.2, 0) is 9.59 Å². The summed E-state index contributed by atoms with van der Waals surface area (Å²) < 4.78 is 1.02. The smallest absolute Gasteiger partial charge is 0.283 e. The van der Waals surface area contributed by atoms with Crippen LogP contribution in [0.3, 0.4) is 0 Å². The molecule has 1 aromatic carbocycles. The molecule has 0 radical (unpaired) electrons. The summed E-state index contributed by atoms with van der Waals surface area (Å²) in [6.07, 6.45) is 3.94. The van der Waals surface area contributed by atoms with Crippen LogP contribution in [0.5, 0.6) is 0 Å². The first-order valence-corrected chi connectivity index (χ1v) is 9.96. The van der Waals surface area contributed by atoms with Gasteiger partial charge in [0, 0.05) is 31.0 Å². The Kier molecular flexibility index (Phi) is 3.60. The Balaban J connectivity index is 1.39. The van der Waals surface area contributed by atoms with Crippen LogP contribution >= 0.6 is 11.3 Å². The third-order valence-electron chi connectivity index (χ3n) is 5.87. The zero-order chi connectivity index (χ0) is 17.8. The average molecular weight is 369 g/mol. The van der Waals surface area contributed by atoms with E-state index >= 15 is 0 Å². The number of nitrogens with zero attached hydrogens (tertiary/aromatic N) is 3. The summed E-state index contributed by atoms with van der Waals surface area (Å²) in [5.74, 6) is -0.105. The number of hydrogen-bond donors (Lipinski definition) is 0. The summed E-state index contributed by atoms with van der Waals surface area (Å²) in [6.45, 7) is 0. The molecular formula is C19H19N3O3S. The summed E-state index contributed by atoms with van der Waals surface area (Å²) >= 11 is 1.44.